The summed E-state index contributed by atoms with van der Waals surface area (Å²) in [7, 11) is 1.61. The van der Waals surface area contributed by atoms with E-state index in [1.165, 1.54) is 0 Å². The molecular formula is C13H19NO2. The Bertz CT molecular complexity index is 374. The summed E-state index contributed by atoms with van der Waals surface area (Å²) in [4.78, 5) is 11.8. The maximum atomic E-state index is 11.8. The number of benzene rings is 1. The van der Waals surface area contributed by atoms with Crippen molar-refractivity contribution in [1.29, 1.82) is 0 Å². The lowest BCUT2D eigenvalue weighted by Crippen LogP contribution is -2.31. The van der Waals surface area contributed by atoms with E-state index in [0.717, 1.165) is 17.7 Å². The quantitative estimate of drug-likeness (QED) is 0.848. The first-order chi connectivity index (χ1) is 7.58. The van der Waals surface area contributed by atoms with E-state index in [9.17, 15) is 4.79 Å². The van der Waals surface area contributed by atoms with Gasteiger partial charge >= 0.3 is 0 Å². The van der Waals surface area contributed by atoms with Gasteiger partial charge in [0.25, 0.3) is 5.91 Å². The molecule has 0 aliphatic heterocycles. The van der Waals surface area contributed by atoms with E-state index in [0.29, 0.717) is 5.56 Å². The Morgan fingerprint density at radius 1 is 1.50 bits per heavy atom. The fraction of sp³-hybridized carbons (Fsp3) is 0.462. The molecular weight excluding hydrogens is 202 g/mol. The second-order valence-electron chi connectivity index (χ2n) is 3.97. The standard InChI is InChI=1S/C13H19NO2/c1-5-10(3)14-13(15)11-7-6-9(2)12(8-11)16-4/h6-8,10H,5H2,1-4H3,(H,14,15). The summed E-state index contributed by atoms with van der Waals surface area (Å²) in [6.07, 6.45) is 0.925. The van der Waals surface area contributed by atoms with Gasteiger partial charge in [-0.3, -0.25) is 4.79 Å². The molecule has 0 heterocycles. The van der Waals surface area contributed by atoms with E-state index >= 15 is 0 Å². The van der Waals surface area contributed by atoms with Crippen LogP contribution in [0, 0.1) is 6.92 Å². The molecule has 1 aromatic rings. The Morgan fingerprint density at radius 2 is 2.19 bits per heavy atom. The fourth-order valence-electron chi connectivity index (χ4n) is 1.37. The molecule has 1 N–H and O–H groups in total. The maximum absolute atomic E-state index is 11.8. The predicted molar refractivity (Wildman–Crippen MR) is 65.0 cm³/mol. The first kappa shape index (κ1) is 12.6. The van der Waals surface area contributed by atoms with Crippen LogP contribution >= 0.6 is 0 Å². The zero-order valence-electron chi connectivity index (χ0n) is 10.3. The molecule has 0 aromatic heterocycles. The van der Waals surface area contributed by atoms with Crippen molar-refractivity contribution < 1.29 is 9.53 Å². The molecule has 1 amide bonds. The molecule has 0 fully saturated rings. The molecule has 0 bridgehead atoms. The van der Waals surface area contributed by atoms with Crippen LogP contribution < -0.4 is 10.1 Å². The summed E-state index contributed by atoms with van der Waals surface area (Å²) in [6.45, 7) is 5.99. The van der Waals surface area contributed by atoms with Crippen LogP contribution in [-0.4, -0.2) is 19.1 Å². The molecule has 16 heavy (non-hydrogen) atoms. The molecule has 1 atom stereocenters. The minimum atomic E-state index is -0.0485. The van der Waals surface area contributed by atoms with E-state index in [1.54, 1.807) is 13.2 Å². The summed E-state index contributed by atoms with van der Waals surface area (Å²) in [5.74, 6) is 0.699. The van der Waals surface area contributed by atoms with E-state index < -0.39 is 0 Å². The van der Waals surface area contributed by atoms with Crippen molar-refractivity contribution in [3.05, 3.63) is 29.3 Å². The topological polar surface area (TPSA) is 38.3 Å². The van der Waals surface area contributed by atoms with Gasteiger partial charge in [-0.15, -0.1) is 0 Å². The summed E-state index contributed by atoms with van der Waals surface area (Å²) in [6, 6.07) is 5.67. The van der Waals surface area contributed by atoms with Crippen LogP contribution in [0.2, 0.25) is 0 Å². The van der Waals surface area contributed by atoms with Gasteiger partial charge in [0.05, 0.1) is 7.11 Å². The van der Waals surface area contributed by atoms with Crippen LogP contribution in [0.4, 0.5) is 0 Å². The number of hydrogen-bond donors (Lipinski definition) is 1. The maximum Gasteiger partial charge on any atom is 0.251 e. The number of hydrogen-bond acceptors (Lipinski definition) is 2. The number of carbonyl (C=O) groups excluding carboxylic acids is 1. The zero-order valence-corrected chi connectivity index (χ0v) is 10.3. The average molecular weight is 221 g/mol. The third-order valence-electron chi connectivity index (χ3n) is 2.66. The normalized spacial score (nSPS) is 12.0. The minimum Gasteiger partial charge on any atom is -0.496 e. The summed E-state index contributed by atoms with van der Waals surface area (Å²) >= 11 is 0. The van der Waals surface area contributed by atoms with Crippen molar-refractivity contribution in [1.82, 2.24) is 5.32 Å². The van der Waals surface area contributed by atoms with Crippen LogP contribution in [0.5, 0.6) is 5.75 Å². The highest BCUT2D eigenvalue weighted by Crippen LogP contribution is 2.18. The van der Waals surface area contributed by atoms with Crippen molar-refractivity contribution in [2.45, 2.75) is 33.2 Å². The Hall–Kier alpha value is -1.51. The molecule has 0 aliphatic carbocycles. The van der Waals surface area contributed by atoms with Crippen LogP contribution in [-0.2, 0) is 0 Å². The van der Waals surface area contributed by atoms with E-state index in [2.05, 4.69) is 5.32 Å². The lowest BCUT2D eigenvalue weighted by atomic mass is 10.1. The van der Waals surface area contributed by atoms with Crippen LogP contribution in [0.3, 0.4) is 0 Å². The van der Waals surface area contributed by atoms with Crippen molar-refractivity contribution in [3.8, 4) is 5.75 Å². The smallest absolute Gasteiger partial charge is 0.251 e. The zero-order chi connectivity index (χ0) is 12.1. The average Bonchev–Trinajstić information content (AvgIpc) is 2.29. The Labute approximate surface area is 96.8 Å². The molecule has 1 rings (SSSR count). The van der Waals surface area contributed by atoms with Crippen LogP contribution in [0.1, 0.15) is 36.2 Å². The first-order valence-electron chi connectivity index (χ1n) is 5.54. The Morgan fingerprint density at radius 3 is 2.75 bits per heavy atom. The van der Waals surface area contributed by atoms with Gasteiger partial charge in [-0.1, -0.05) is 13.0 Å². The van der Waals surface area contributed by atoms with Crippen molar-refractivity contribution in [2.75, 3.05) is 7.11 Å². The Kier molecular flexibility index (Phi) is 4.35. The van der Waals surface area contributed by atoms with Gasteiger partial charge in [0, 0.05) is 11.6 Å². The molecule has 1 unspecified atom stereocenters. The number of methoxy groups -OCH3 is 1. The molecule has 0 aliphatic rings. The number of amides is 1. The van der Waals surface area contributed by atoms with E-state index in [-0.39, 0.29) is 11.9 Å². The van der Waals surface area contributed by atoms with Crippen molar-refractivity contribution in [2.24, 2.45) is 0 Å². The first-order valence-corrected chi connectivity index (χ1v) is 5.54. The second kappa shape index (κ2) is 5.54. The van der Waals surface area contributed by atoms with Crippen LogP contribution in [0.25, 0.3) is 0 Å². The van der Waals surface area contributed by atoms with Gasteiger partial charge in [0.2, 0.25) is 0 Å². The molecule has 1 aromatic carbocycles. The molecule has 0 saturated heterocycles. The molecule has 0 spiro atoms. The number of nitrogens with one attached hydrogen (secondary N) is 1. The summed E-state index contributed by atoms with van der Waals surface area (Å²) < 4.78 is 5.19. The van der Waals surface area contributed by atoms with Gasteiger partial charge < -0.3 is 10.1 Å². The highest BCUT2D eigenvalue weighted by molar-refractivity contribution is 5.94. The number of aryl methyl sites for hydroxylation is 1. The summed E-state index contributed by atoms with van der Waals surface area (Å²) in [5.41, 5.74) is 1.67. The lowest BCUT2D eigenvalue weighted by Gasteiger charge is -2.12. The largest absolute Gasteiger partial charge is 0.496 e. The lowest BCUT2D eigenvalue weighted by molar-refractivity contribution is 0.0939. The predicted octanol–water partition coefficient (Wildman–Crippen LogP) is 2.53. The number of rotatable bonds is 4. The Balaban J connectivity index is 2.84. The second-order valence-corrected chi connectivity index (χ2v) is 3.97. The van der Waals surface area contributed by atoms with Gasteiger partial charge in [-0.2, -0.15) is 0 Å². The van der Waals surface area contributed by atoms with E-state index in [4.69, 9.17) is 4.74 Å². The minimum absolute atomic E-state index is 0.0485. The van der Waals surface area contributed by atoms with Crippen molar-refractivity contribution >= 4 is 5.91 Å². The van der Waals surface area contributed by atoms with Gasteiger partial charge in [0.1, 0.15) is 5.75 Å². The third kappa shape index (κ3) is 2.99. The van der Waals surface area contributed by atoms with Gasteiger partial charge in [-0.25, -0.2) is 0 Å². The molecule has 3 nitrogen and oxygen atoms in total. The molecule has 0 radical (unpaired) electrons. The number of ether oxygens (including phenoxy) is 1. The third-order valence-corrected chi connectivity index (χ3v) is 2.66. The fourth-order valence-corrected chi connectivity index (χ4v) is 1.37. The highest BCUT2D eigenvalue weighted by Gasteiger charge is 2.10. The number of carbonyl (C=O) groups is 1. The van der Waals surface area contributed by atoms with E-state index in [1.807, 2.05) is 32.9 Å². The summed E-state index contributed by atoms with van der Waals surface area (Å²) in [5, 5.41) is 2.92. The SMILES string of the molecule is CCC(C)NC(=O)c1ccc(C)c(OC)c1. The van der Waals surface area contributed by atoms with Gasteiger partial charge in [-0.05, 0) is 38.0 Å². The monoisotopic (exact) mass is 221 g/mol. The molecule has 0 saturated carbocycles. The molecule has 3 heteroatoms. The van der Waals surface area contributed by atoms with Crippen LogP contribution in [0.15, 0.2) is 18.2 Å². The van der Waals surface area contributed by atoms with Crippen molar-refractivity contribution in [3.63, 3.8) is 0 Å². The molecule has 88 valence electrons. The highest BCUT2D eigenvalue weighted by atomic mass is 16.5. The van der Waals surface area contributed by atoms with Gasteiger partial charge in [0.15, 0.2) is 0 Å².